The molecule has 2 aromatic rings. The van der Waals surface area contributed by atoms with Gasteiger partial charge in [0.2, 0.25) is 0 Å². The number of nitrogens with one attached hydrogen (secondary N) is 1. The van der Waals surface area contributed by atoms with Crippen molar-refractivity contribution >= 4 is 13.9 Å². The summed E-state index contributed by atoms with van der Waals surface area (Å²) in [5.41, 5.74) is 6.21. The van der Waals surface area contributed by atoms with E-state index in [1.807, 2.05) is 0 Å². The average molecular weight is 526 g/mol. The van der Waals surface area contributed by atoms with Gasteiger partial charge < -0.3 is 10.4 Å². The maximum atomic E-state index is 11.9. The molecule has 2 aromatic carbocycles. The summed E-state index contributed by atoms with van der Waals surface area (Å²) < 4.78 is 0. The fourth-order valence-electron chi connectivity index (χ4n) is 5.01. The molecule has 0 amide bonds. The van der Waals surface area contributed by atoms with Crippen LogP contribution in [0.2, 0.25) is 0 Å². The summed E-state index contributed by atoms with van der Waals surface area (Å²) in [7, 11) is 0.599. The molecule has 208 valence electrons. The fraction of sp³-hybridized carbons (Fsp3) is 0.647. The molecule has 0 aliphatic carbocycles. The van der Waals surface area contributed by atoms with Crippen molar-refractivity contribution < 1.29 is 5.11 Å². The highest BCUT2D eigenvalue weighted by Crippen LogP contribution is 2.54. The van der Waals surface area contributed by atoms with Gasteiger partial charge in [-0.3, -0.25) is 0 Å². The molecule has 0 aliphatic heterocycles. The molecule has 0 fully saturated rings. The first kappa shape index (κ1) is 31.8. The van der Waals surface area contributed by atoms with Gasteiger partial charge in [0.1, 0.15) is 5.75 Å². The number of phenols is 1. The minimum absolute atomic E-state index is 0.0140. The van der Waals surface area contributed by atoms with Crippen molar-refractivity contribution in [1.29, 1.82) is 0 Å². The summed E-state index contributed by atoms with van der Waals surface area (Å²) >= 11 is 0. The van der Waals surface area contributed by atoms with Crippen LogP contribution in [0, 0.1) is 6.92 Å². The molecule has 2 atom stereocenters. The lowest BCUT2D eigenvalue weighted by molar-refractivity contribution is 0.415. The van der Waals surface area contributed by atoms with Crippen LogP contribution in [-0.4, -0.2) is 10.6 Å². The highest BCUT2D eigenvalue weighted by Gasteiger charge is 2.37. The van der Waals surface area contributed by atoms with Gasteiger partial charge in [0.15, 0.2) is 0 Å². The van der Waals surface area contributed by atoms with Gasteiger partial charge in [-0.15, -0.1) is 0 Å². The summed E-state index contributed by atoms with van der Waals surface area (Å²) in [5, 5.41) is 17.0. The van der Waals surface area contributed by atoms with Crippen LogP contribution in [0.5, 0.6) is 5.75 Å². The summed E-state index contributed by atoms with van der Waals surface area (Å²) in [5.74, 6) is 0.521. The third-order valence-electron chi connectivity index (χ3n) is 7.55. The highest BCUT2D eigenvalue weighted by molar-refractivity contribution is 7.48. The van der Waals surface area contributed by atoms with E-state index < -0.39 is 0 Å². The second kappa shape index (κ2) is 12.2. The largest absolute Gasteiger partial charge is 0.507 e. The normalized spacial score (nSPS) is 14.9. The quantitative estimate of drug-likeness (QED) is 0.239. The lowest BCUT2D eigenvalue weighted by atomic mass is 9.76. The van der Waals surface area contributed by atoms with E-state index in [-0.39, 0.29) is 21.5 Å². The van der Waals surface area contributed by atoms with Gasteiger partial charge >= 0.3 is 0 Å². The topological polar surface area (TPSA) is 32.3 Å². The van der Waals surface area contributed by atoms with Gasteiger partial charge in [0.05, 0.1) is 0 Å². The number of hydrogen-bond acceptors (Lipinski definition) is 2. The first-order chi connectivity index (χ1) is 16.9. The predicted molar refractivity (Wildman–Crippen MR) is 167 cm³/mol. The second-order valence-electron chi connectivity index (χ2n) is 14.2. The molecular formula is C34H56NOP. The molecule has 0 spiro atoms. The van der Waals surface area contributed by atoms with Gasteiger partial charge in [0, 0.05) is 22.8 Å². The number of unbranched alkanes of at least 4 members (excludes halogenated alkanes) is 2. The van der Waals surface area contributed by atoms with Crippen molar-refractivity contribution in [3.63, 3.8) is 0 Å². The van der Waals surface area contributed by atoms with Crippen molar-refractivity contribution in [2.75, 3.05) is 0 Å². The molecule has 2 N–H and O–H groups in total. The number of aromatic hydroxyl groups is 1. The Morgan fingerprint density at radius 3 is 1.95 bits per heavy atom. The first-order valence-corrected chi connectivity index (χ1v) is 15.4. The summed E-state index contributed by atoms with van der Waals surface area (Å²) in [6.07, 6.45) is 5.73. The van der Waals surface area contributed by atoms with Gasteiger partial charge in [-0.05, 0) is 73.4 Å². The maximum Gasteiger partial charge on any atom is 0.123 e. The smallest absolute Gasteiger partial charge is 0.123 e. The minimum atomic E-state index is -0.127. The van der Waals surface area contributed by atoms with Gasteiger partial charge in [-0.25, -0.2) is 0 Å². The van der Waals surface area contributed by atoms with Gasteiger partial charge in [-0.1, -0.05) is 119 Å². The molecule has 2 rings (SSSR count). The third kappa shape index (κ3) is 8.56. The summed E-state index contributed by atoms with van der Waals surface area (Å²) in [6.45, 7) is 27.9. The van der Waals surface area contributed by atoms with E-state index in [9.17, 15) is 5.11 Å². The number of rotatable bonds is 10. The number of phenolic OH excluding ortho intramolecular Hbond substituents is 1. The maximum absolute atomic E-state index is 11.9. The number of aryl methyl sites for hydroxylation is 1. The van der Waals surface area contributed by atoms with E-state index in [4.69, 9.17) is 0 Å². The summed E-state index contributed by atoms with van der Waals surface area (Å²) in [6, 6.07) is 11.6. The minimum Gasteiger partial charge on any atom is -0.507 e. The molecule has 0 saturated carbocycles. The molecule has 0 saturated heterocycles. The molecule has 3 heteroatoms. The Hall–Kier alpha value is -1.37. The van der Waals surface area contributed by atoms with Crippen molar-refractivity contribution in [1.82, 2.24) is 5.32 Å². The van der Waals surface area contributed by atoms with E-state index in [1.54, 1.807) is 0 Å². The Kier molecular flexibility index (Phi) is 10.5. The zero-order chi connectivity index (χ0) is 28.2. The standard InChI is InChI=1S/C34H56NOP/c1-13-15-16-19-34(14-2,37-29-18-17-24(3)20-25(29)23-35-33(10,11)12)28-22-26(31(4,5)6)21-27(30(28)36)32(7,8)9/h17-18,20-22,35-37H,13-16,19,23H2,1-12H3. The molecule has 37 heavy (non-hydrogen) atoms. The van der Waals surface area contributed by atoms with Crippen molar-refractivity contribution in [2.45, 2.75) is 143 Å². The van der Waals surface area contributed by atoms with E-state index in [0.717, 1.165) is 30.5 Å². The molecule has 2 nitrogen and oxygen atoms in total. The lowest BCUT2D eigenvalue weighted by Gasteiger charge is -2.38. The number of hydrogen-bond donors (Lipinski definition) is 2. The molecular weight excluding hydrogens is 469 g/mol. The Balaban J connectivity index is 2.78. The van der Waals surface area contributed by atoms with E-state index >= 15 is 0 Å². The second-order valence-corrected chi connectivity index (χ2v) is 15.9. The molecule has 0 heterocycles. The van der Waals surface area contributed by atoms with E-state index in [1.165, 1.54) is 41.3 Å². The van der Waals surface area contributed by atoms with Crippen LogP contribution in [0.3, 0.4) is 0 Å². The van der Waals surface area contributed by atoms with Crippen LogP contribution in [-0.2, 0) is 22.5 Å². The van der Waals surface area contributed by atoms with Crippen LogP contribution >= 0.6 is 8.58 Å². The van der Waals surface area contributed by atoms with Crippen molar-refractivity contribution in [3.05, 3.63) is 58.1 Å². The molecule has 0 aromatic heterocycles. The van der Waals surface area contributed by atoms with E-state index in [2.05, 4.69) is 119 Å². The Morgan fingerprint density at radius 1 is 0.811 bits per heavy atom. The SMILES string of the molecule is CCCCCC(CC)(Pc1ccc(C)cc1CNC(C)(C)C)c1cc(C(C)(C)C)cc(C(C)(C)C)c1O. The molecule has 2 unspecified atom stereocenters. The highest BCUT2D eigenvalue weighted by atomic mass is 31.1. The predicted octanol–water partition coefficient (Wildman–Crippen LogP) is 9.37. The zero-order valence-electron chi connectivity index (χ0n) is 26.1. The van der Waals surface area contributed by atoms with Gasteiger partial charge in [0.25, 0.3) is 0 Å². The Labute approximate surface area is 231 Å². The monoisotopic (exact) mass is 525 g/mol. The van der Waals surface area contributed by atoms with E-state index in [0.29, 0.717) is 14.3 Å². The Morgan fingerprint density at radius 2 is 1.43 bits per heavy atom. The van der Waals surface area contributed by atoms with Crippen LogP contribution in [0.4, 0.5) is 0 Å². The van der Waals surface area contributed by atoms with Crippen LogP contribution in [0.15, 0.2) is 30.3 Å². The first-order valence-electron chi connectivity index (χ1n) is 14.4. The summed E-state index contributed by atoms with van der Waals surface area (Å²) in [4.78, 5) is 0. The molecule has 0 radical (unpaired) electrons. The van der Waals surface area contributed by atoms with Crippen LogP contribution in [0.25, 0.3) is 0 Å². The van der Waals surface area contributed by atoms with Crippen LogP contribution in [0.1, 0.15) is 136 Å². The molecule has 0 aliphatic rings. The average Bonchev–Trinajstić information content (AvgIpc) is 2.76. The van der Waals surface area contributed by atoms with Crippen molar-refractivity contribution in [3.8, 4) is 5.75 Å². The third-order valence-corrected chi connectivity index (χ3v) is 9.66. The number of benzene rings is 2. The fourth-order valence-corrected chi connectivity index (χ4v) is 6.82. The van der Waals surface area contributed by atoms with Crippen LogP contribution < -0.4 is 10.6 Å². The lowest BCUT2D eigenvalue weighted by Crippen LogP contribution is -2.36. The Bertz CT molecular complexity index is 1040. The molecule has 0 bridgehead atoms. The van der Waals surface area contributed by atoms with Crippen molar-refractivity contribution in [2.24, 2.45) is 0 Å². The zero-order valence-corrected chi connectivity index (χ0v) is 27.1. The van der Waals surface area contributed by atoms with Gasteiger partial charge in [-0.2, -0.15) is 0 Å².